The molecule has 110 valence electrons. The number of hydrogen-bond donors (Lipinski definition) is 1. The fourth-order valence-electron chi connectivity index (χ4n) is 2.35. The van der Waals surface area contributed by atoms with E-state index in [0.717, 1.165) is 0 Å². The fourth-order valence-corrected chi connectivity index (χ4v) is 2.35. The molecule has 0 bridgehead atoms. The molecule has 0 radical (unpaired) electrons. The van der Waals surface area contributed by atoms with Crippen molar-refractivity contribution in [2.24, 2.45) is 5.41 Å². The predicted molar refractivity (Wildman–Crippen MR) is 68.6 cm³/mol. The van der Waals surface area contributed by atoms with Crippen LogP contribution in [0.1, 0.15) is 38.7 Å². The van der Waals surface area contributed by atoms with Crippen molar-refractivity contribution in [2.75, 3.05) is 5.32 Å². The zero-order chi connectivity index (χ0) is 15.1. The van der Waals surface area contributed by atoms with Gasteiger partial charge in [-0.1, -0.05) is 32.9 Å². The van der Waals surface area contributed by atoms with E-state index in [0.29, 0.717) is 12.0 Å². The third-order valence-electron chi connectivity index (χ3n) is 3.04. The highest BCUT2D eigenvalue weighted by molar-refractivity contribution is 6.04. The number of fused-ring (bicyclic) bond motifs is 1. The maximum Gasteiger partial charge on any atom is 0.573 e. The summed E-state index contributed by atoms with van der Waals surface area (Å²) in [4.78, 5) is 12.0. The van der Waals surface area contributed by atoms with Crippen molar-refractivity contribution in [3.05, 3.63) is 23.8 Å². The van der Waals surface area contributed by atoms with Crippen LogP contribution in [0.25, 0.3) is 0 Å². The third-order valence-corrected chi connectivity index (χ3v) is 3.04. The summed E-state index contributed by atoms with van der Waals surface area (Å²) in [6.45, 7) is 5.94. The van der Waals surface area contributed by atoms with E-state index < -0.39 is 12.3 Å². The standard InChI is InChI=1S/C14H16F3NO2/c1-13(2,3)7-9-8-5-4-6-10(20-14(15,16)17)11(8)18-12(9)19/h4-6,9H,7H2,1-3H3,(H,18,19). The van der Waals surface area contributed by atoms with Crippen LogP contribution in [0, 0.1) is 5.41 Å². The molecule has 1 atom stereocenters. The maximum atomic E-state index is 12.3. The van der Waals surface area contributed by atoms with E-state index >= 15 is 0 Å². The Balaban J connectivity index is 2.35. The highest BCUT2D eigenvalue weighted by Gasteiger charge is 2.38. The van der Waals surface area contributed by atoms with Crippen LogP contribution in [0.2, 0.25) is 0 Å². The molecule has 1 aliphatic heterocycles. The van der Waals surface area contributed by atoms with Crippen molar-refractivity contribution < 1.29 is 22.7 Å². The highest BCUT2D eigenvalue weighted by atomic mass is 19.4. The Labute approximate surface area is 115 Å². The van der Waals surface area contributed by atoms with Gasteiger partial charge in [-0.05, 0) is 23.5 Å². The Kier molecular flexibility index (Phi) is 3.44. The summed E-state index contributed by atoms with van der Waals surface area (Å²) in [6.07, 6.45) is -4.22. The Bertz CT molecular complexity index is 532. The number of amides is 1. The van der Waals surface area contributed by atoms with Gasteiger partial charge in [0.2, 0.25) is 5.91 Å². The second-order valence-electron chi connectivity index (χ2n) is 6.07. The van der Waals surface area contributed by atoms with Gasteiger partial charge in [0.25, 0.3) is 0 Å². The van der Waals surface area contributed by atoms with Gasteiger partial charge >= 0.3 is 6.36 Å². The molecule has 1 aromatic rings. The van der Waals surface area contributed by atoms with Gasteiger partial charge in [-0.15, -0.1) is 13.2 Å². The van der Waals surface area contributed by atoms with Crippen molar-refractivity contribution in [3.63, 3.8) is 0 Å². The van der Waals surface area contributed by atoms with Gasteiger partial charge in [0.15, 0.2) is 5.75 Å². The summed E-state index contributed by atoms with van der Waals surface area (Å²) in [7, 11) is 0. The van der Waals surface area contributed by atoms with E-state index in [2.05, 4.69) is 10.1 Å². The number of halogens is 3. The van der Waals surface area contributed by atoms with Crippen LogP contribution in [-0.2, 0) is 4.79 Å². The minimum atomic E-state index is -4.78. The van der Waals surface area contributed by atoms with E-state index in [1.165, 1.54) is 12.1 Å². The molecular weight excluding hydrogens is 271 g/mol. The number of anilines is 1. The van der Waals surface area contributed by atoms with Crippen LogP contribution >= 0.6 is 0 Å². The summed E-state index contributed by atoms with van der Waals surface area (Å²) in [5.74, 6) is -1.09. The van der Waals surface area contributed by atoms with Crippen molar-refractivity contribution in [1.29, 1.82) is 0 Å². The lowest BCUT2D eigenvalue weighted by Crippen LogP contribution is -2.19. The molecule has 3 nitrogen and oxygen atoms in total. The summed E-state index contributed by atoms with van der Waals surface area (Å²) < 4.78 is 41.0. The van der Waals surface area contributed by atoms with Crippen molar-refractivity contribution in [1.82, 2.24) is 0 Å². The quantitative estimate of drug-likeness (QED) is 0.891. The van der Waals surface area contributed by atoms with E-state index in [4.69, 9.17) is 0 Å². The Hall–Kier alpha value is -1.72. The molecule has 0 spiro atoms. The van der Waals surface area contributed by atoms with Gasteiger partial charge < -0.3 is 10.1 Å². The molecule has 1 aromatic carbocycles. The normalized spacial score (nSPS) is 18.7. The fraction of sp³-hybridized carbons (Fsp3) is 0.500. The zero-order valence-electron chi connectivity index (χ0n) is 11.5. The van der Waals surface area contributed by atoms with Gasteiger partial charge in [0.05, 0.1) is 11.6 Å². The van der Waals surface area contributed by atoms with Gasteiger partial charge in [-0.25, -0.2) is 0 Å². The van der Waals surface area contributed by atoms with Gasteiger partial charge in [0.1, 0.15) is 0 Å². The zero-order valence-corrected chi connectivity index (χ0v) is 11.5. The first kappa shape index (κ1) is 14.7. The molecule has 1 N–H and O–H groups in total. The molecule has 0 saturated heterocycles. The highest BCUT2D eigenvalue weighted by Crippen LogP contribution is 2.44. The lowest BCUT2D eigenvalue weighted by molar-refractivity contribution is -0.274. The van der Waals surface area contributed by atoms with Crippen molar-refractivity contribution in [3.8, 4) is 5.75 Å². The lowest BCUT2D eigenvalue weighted by Gasteiger charge is -2.21. The maximum absolute atomic E-state index is 12.3. The van der Waals surface area contributed by atoms with Gasteiger partial charge in [-0.2, -0.15) is 0 Å². The molecule has 1 amide bonds. The number of rotatable bonds is 2. The minimum Gasteiger partial charge on any atom is -0.404 e. The Morgan fingerprint density at radius 1 is 1.25 bits per heavy atom. The molecule has 1 unspecified atom stereocenters. The number of ether oxygens (including phenoxy) is 1. The number of benzene rings is 1. The monoisotopic (exact) mass is 287 g/mol. The number of carbonyl (C=O) groups is 1. The molecular formula is C14H16F3NO2. The summed E-state index contributed by atoms with van der Waals surface area (Å²) in [5, 5.41) is 2.50. The van der Waals surface area contributed by atoms with E-state index in [1.807, 2.05) is 20.8 Å². The number of nitrogens with one attached hydrogen (secondary N) is 1. The topological polar surface area (TPSA) is 38.3 Å². The summed E-state index contributed by atoms with van der Waals surface area (Å²) >= 11 is 0. The molecule has 0 saturated carbocycles. The predicted octanol–water partition coefficient (Wildman–Crippen LogP) is 4.06. The lowest BCUT2D eigenvalue weighted by atomic mass is 9.82. The molecule has 0 aromatic heterocycles. The van der Waals surface area contributed by atoms with E-state index in [1.54, 1.807) is 6.07 Å². The third kappa shape index (κ3) is 3.23. The average molecular weight is 287 g/mol. The van der Waals surface area contributed by atoms with Gasteiger partial charge in [-0.3, -0.25) is 4.79 Å². The first-order valence-corrected chi connectivity index (χ1v) is 6.26. The SMILES string of the molecule is CC(C)(C)CC1C(=O)Nc2c(OC(F)(F)F)cccc21. The Morgan fingerprint density at radius 2 is 1.90 bits per heavy atom. The summed E-state index contributed by atoms with van der Waals surface area (Å²) in [6, 6.07) is 4.33. The summed E-state index contributed by atoms with van der Waals surface area (Å²) in [5.41, 5.74) is 0.584. The second kappa shape index (κ2) is 4.68. The number of hydrogen-bond acceptors (Lipinski definition) is 2. The average Bonchev–Trinajstić information content (AvgIpc) is 2.53. The second-order valence-corrected chi connectivity index (χ2v) is 6.07. The number of para-hydroxylation sites is 1. The van der Waals surface area contributed by atoms with Crippen LogP contribution in [0.4, 0.5) is 18.9 Å². The molecule has 6 heteroatoms. The van der Waals surface area contributed by atoms with Gasteiger partial charge in [0, 0.05) is 0 Å². The molecule has 1 aliphatic rings. The number of alkyl halides is 3. The minimum absolute atomic E-state index is 0.107. The van der Waals surface area contributed by atoms with Crippen LogP contribution in [-0.4, -0.2) is 12.3 Å². The smallest absolute Gasteiger partial charge is 0.404 e. The van der Waals surface area contributed by atoms with Crippen LogP contribution in [0.3, 0.4) is 0 Å². The van der Waals surface area contributed by atoms with E-state index in [-0.39, 0.29) is 22.8 Å². The molecule has 1 heterocycles. The molecule has 0 aliphatic carbocycles. The largest absolute Gasteiger partial charge is 0.573 e. The number of carbonyl (C=O) groups excluding carboxylic acids is 1. The first-order chi connectivity index (χ1) is 9.07. The van der Waals surface area contributed by atoms with Crippen LogP contribution in [0.15, 0.2) is 18.2 Å². The first-order valence-electron chi connectivity index (χ1n) is 6.26. The van der Waals surface area contributed by atoms with Crippen LogP contribution in [0.5, 0.6) is 5.75 Å². The molecule has 2 rings (SSSR count). The molecule has 0 fully saturated rings. The van der Waals surface area contributed by atoms with Crippen LogP contribution < -0.4 is 10.1 Å². The molecule has 20 heavy (non-hydrogen) atoms. The van der Waals surface area contributed by atoms with E-state index in [9.17, 15) is 18.0 Å². The van der Waals surface area contributed by atoms with Crippen molar-refractivity contribution >= 4 is 11.6 Å². The van der Waals surface area contributed by atoms with Crippen molar-refractivity contribution in [2.45, 2.75) is 39.5 Å². The Morgan fingerprint density at radius 3 is 2.45 bits per heavy atom.